The summed E-state index contributed by atoms with van der Waals surface area (Å²) in [4.78, 5) is 4.13. The van der Waals surface area contributed by atoms with E-state index in [1.807, 2.05) is 0 Å². The van der Waals surface area contributed by atoms with E-state index in [1.54, 1.807) is 24.3 Å². The molecule has 0 radical (unpaired) electrons. The molecule has 5 heteroatoms. The molecular weight excluding hydrogens is 264 g/mol. The van der Waals surface area contributed by atoms with Crippen molar-refractivity contribution in [3.05, 3.63) is 52.9 Å². The molecule has 0 aliphatic carbocycles. The maximum absolute atomic E-state index is 13.2. The lowest BCUT2D eigenvalue weighted by molar-refractivity contribution is 0.457. The van der Waals surface area contributed by atoms with Crippen molar-refractivity contribution in [3.63, 3.8) is 0 Å². The summed E-state index contributed by atoms with van der Waals surface area (Å²) in [6.45, 7) is 0. The maximum Gasteiger partial charge on any atom is 0.219 e. The van der Waals surface area contributed by atoms with Crippen LogP contribution in [0.2, 0.25) is 5.02 Å². The third-order valence-electron chi connectivity index (χ3n) is 2.03. The highest BCUT2D eigenvalue weighted by Gasteiger charge is 2.04. The van der Waals surface area contributed by atoms with Crippen LogP contribution in [0.3, 0.4) is 0 Å². The van der Waals surface area contributed by atoms with Crippen molar-refractivity contribution < 1.29 is 9.13 Å². The molecule has 0 bridgehead atoms. The number of aromatic nitrogens is 1. The second-order valence-electron chi connectivity index (χ2n) is 3.28. The van der Waals surface area contributed by atoms with E-state index >= 15 is 0 Å². The quantitative estimate of drug-likeness (QED) is 0.772. The van der Waals surface area contributed by atoms with Gasteiger partial charge in [0.25, 0.3) is 0 Å². The van der Waals surface area contributed by atoms with Crippen LogP contribution in [0.15, 0.2) is 36.4 Å². The van der Waals surface area contributed by atoms with Gasteiger partial charge in [-0.15, -0.1) is 11.6 Å². The molecule has 0 amide bonds. The fourth-order valence-corrected chi connectivity index (χ4v) is 1.52. The van der Waals surface area contributed by atoms with Crippen molar-refractivity contribution in [3.8, 4) is 11.6 Å². The van der Waals surface area contributed by atoms with Crippen molar-refractivity contribution >= 4 is 23.2 Å². The number of rotatable bonds is 3. The first kappa shape index (κ1) is 12.1. The lowest BCUT2D eigenvalue weighted by Gasteiger charge is -2.06. The number of hydrogen-bond donors (Lipinski definition) is 0. The summed E-state index contributed by atoms with van der Waals surface area (Å²) in [5.74, 6) is 0.472. The summed E-state index contributed by atoms with van der Waals surface area (Å²) in [6, 6.07) is 9.42. The second-order valence-corrected chi connectivity index (χ2v) is 3.95. The lowest BCUT2D eigenvalue weighted by Crippen LogP contribution is -1.91. The van der Waals surface area contributed by atoms with Gasteiger partial charge in [-0.05, 0) is 18.2 Å². The fourth-order valence-electron chi connectivity index (χ4n) is 1.25. The Labute approximate surface area is 108 Å². The van der Waals surface area contributed by atoms with Gasteiger partial charge in [-0.3, -0.25) is 0 Å². The molecule has 0 N–H and O–H groups in total. The predicted molar refractivity (Wildman–Crippen MR) is 65.3 cm³/mol. The number of alkyl halides is 1. The second kappa shape index (κ2) is 5.34. The number of ether oxygens (including phenoxy) is 1. The highest BCUT2D eigenvalue weighted by Crippen LogP contribution is 2.24. The van der Waals surface area contributed by atoms with Gasteiger partial charge in [-0.25, -0.2) is 9.37 Å². The SMILES string of the molecule is Fc1cc(Oc2cccc(CCl)n2)ccc1Cl. The Morgan fingerprint density at radius 2 is 2.06 bits per heavy atom. The number of nitrogens with zero attached hydrogens (tertiary/aromatic N) is 1. The summed E-state index contributed by atoms with van der Waals surface area (Å²) in [6.07, 6.45) is 0. The van der Waals surface area contributed by atoms with Crippen LogP contribution in [-0.4, -0.2) is 4.98 Å². The van der Waals surface area contributed by atoms with Crippen LogP contribution in [0.25, 0.3) is 0 Å². The van der Waals surface area contributed by atoms with Crippen molar-refractivity contribution in [1.82, 2.24) is 4.98 Å². The molecule has 0 atom stereocenters. The first-order chi connectivity index (χ1) is 8.19. The van der Waals surface area contributed by atoms with Gasteiger partial charge in [0, 0.05) is 12.1 Å². The van der Waals surface area contributed by atoms with E-state index in [0.29, 0.717) is 23.2 Å². The molecule has 0 unspecified atom stereocenters. The first-order valence-corrected chi connectivity index (χ1v) is 5.75. The van der Waals surface area contributed by atoms with Crippen molar-refractivity contribution in [2.75, 3.05) is 0 Å². The molecule has 2 rings (SSSR count). The van der Waals surface area contributed by atoms with Gasteiger partial charge in [-0.1, -0.05) is 17.7 Å². The molecule has 0 fully saturated rings. The highest BCUT2D eigenvalue weighted by molar-refractivity contribution is 6.30. The zero-order valence-electron chi connectivity index (χ0n) is 8.66. The summed E-state index contributed by atoms with van der Waals surface area (Å²) in [5.41, 5.74) is 0.693. The van der Waals surface area contributed by atoms with Crippen LogP contribution < -0.4 is 4.74 Å². The van der Waals surface area contributed by atoms with E-state index in [-0.39, 0.29) is 5.02 Å². The Bertz CT molecular complexity index is 534. The molecule has 17 heavy (non-hydrogen) atoms. The van der Waals surface area contributed by atoms with E-state index in [1.165, 1.54) is 12.1 Å². The number of halogens is 3. The van der Waals surface area contributed by atoms with Gasteiger partial charge in [0.05, 0.1) is 16.6 Å². The lowest BCUT2D eigenvalue weighted by atomic mass is 10.3. The zero-order chi connectivity index (χ0) is 12.3. The minimum atomic E-state index is -0.530. The normalized spacial score (nSPS) is 10.3. The Balaban J connectivity index is 2.22. The molecule has 2 aromatic rings. The van der Waals surface area contributed by atoms with Crippen LogP contribution in [-0.2, 0) is 5.88 Å². The Morgan fingerprint density at radius 3 is 2.76 bits per heavy atom. The van der Waals surface area contributed by atoms with Crippen LogP contribution in [0.4, 0.5) is 4.39 Å². The monoisotopic (exact) mass is 271 g/mol. The summed E-state index contributed by atoms with van der Waals surface area (Å²) in [5, 5.41) is 0.0554. The molecule has 0 spiro atoms. The zero-order valence-corrected chi connectivity index (χ0v) is 10.2. The van der Waals surface area contributed by atoms with Gasteiger partial charge in [0.1, 0.15) is 11.6 Å². The molecule has 1 aromatic carbocycles. The summed E-state index contributed by atoms with van der Waals surface area (Å²) < 4.78 is 18.6. The Kier molecular flexibility index (Phi) is 3.82. The molecular formula is C12H8Cl2FNO. The molecule has 0 saturated heterocycles. The maximum atomic E-state index is 13.2. The van der Waals surface area contributed by atoms with E-state index in [4.69, 9.17) is 27.9 Å². The number of hydrogen-bond acceptors (Lipinski definition) is 2. The smallest absolute Gasteiger partial charge is 0.219 e. The molecule has 2 nitrogen and oxygen atoms in total. The molecule has 0 saturated carbocycles. The Hall–Kier alpha value is -1.32. The van der Waals surface area contributed by atoms with Gasteiger partial charge in [0.15, 0.2) is 0 Å². The van der Waals surface area contributed by atoms with Crippen LogP contribution in [0.1, 0.15) is 5.69 Å². The van der Waals surface area contributed by atoms with Crippen LogP contribution in [0, 0.1) is 5.82 Å². The standard InChI is InChI=1S/C12H8Cl2FNO/c13-7-8-2-1-3-12(16-8)17-9-4-5-10(14)11(15)6-9/h1-6H,7H2. The Morgan fingerprint density at radius 1 is 1.24 bits per heavy atom. The van der Waals surface area contributed by atoms with E-state index in [2.05, 4.69) is 4.98 Å². The van der Waals surface area contributed by atoms with Gasteiger partial charge in [-0.2, -0.15) is 0 Å². The summed E-state index contributed by atoms with van der Waals surface area (Å²) >= 11 is 11.2. The van der Waals surface area contributed by atoms with Crippen molar-refractivity contribution in [2.24, 2.45) is 0 Å². The van der Waals surface area contributed by atoms with E-state index in [0.717, 1.165) is 0 Å². The largest absolute Gasteiger partial charge is 0.439 e. The first-order valence-electron chi connectivity index (χ1n) is 4.84. The molecule has 1 heterocycles. The third-order valence-corrected chi connectivity index (χ3v) is 2.61. The van der Waals surface area contributed by atoms with Gasteiger partial charge in [0.2, 0.25) is 5.88 Å². The number of pyridine rings is 1. The van der Waals surface area contributed by atoms with Gasteiger partial charge < -0.3 is 4.74 Å². The van der Waals surface area contributed by atoms with Gasteiger partial charge >= 0.3 is 0 Å². The predicted octanol–water partition coefficient (Wildman–Crippen LogP) is 4.41. The van der Waals surface area contributed by atoms with E-state index in [9.17, 15) is 4.39 Å². The molecule has 0 aliphatic rings. The van der Waals surface area contributed by atoms with Crippen molar-refractivity contribution in [1.29, 1.82) is 0 Å². The molecule has 88 valence electrons. The third kappa shape index (κ3) is 3.08. The van der Waals surface area contributed by atoms with E-state index < -0.39 is 5.82 Å². The average Bonchev–Trinajstić information content (AvgIpc) is 2.34. The molecule has 0 aliphatic heterocycles. The average molecular weight is 272 g/mol. The minimum Gasteiger partial charge on any atom is -0.439 e. The topological polar surface area (TPSA) is 22.1 Å². The van der Waals surface area contributed by atoms with Crippen LogP contribution >= 0.6 is 23.2 Å². The minimum absolute atomic E-state index is 0.0554. The molecule has 1 aromatic heterocycles. The van der Waals surface area contributed by atoms with Crippen molar-refractivity contribution in [2.45, 2.75) is 5.88 Å². The highest BCUT2D eigenvalue weighted by atomic mass is 35.5. The fraction of sp³-hybridized carbons (Fsp3) is 0.0833. The summed E-state index contributed by atoms with van der Waals surface area (Å²) in [7, 11) is 0. The van der Waals surface area contributed by atoms with Crippen LogP contribution in [0.5, 0.6) is 11.6 Å². The number of benzene rings is 1.